The lowest BCUT2D eigenvalue weighted by Crippen LogP contribution is -2.46. The van der Waals surface area contributed by atoms with Crippen LogP contribution in [0.3, 0.4) is 0 Å². The number of fused-ring (bicyclic) bond motifs is 1. The van der Waals surface area contributed by atoms with E-state index in [-0.39, 0.29) is 17.3 Å². The minimum Gasteiger partial charge on any atom is -0.486 e. The highest BCUT2D eigenvalue weighted by atomic mass is 32.2. The molecule has 0 saturated carbocycles. The fourth-order valence-electron chi connectivity index (χ4n) is 2.43. The Morgan fingerprint density at radius 2 is 1.77 bits per heavy atom. The number of carbonyl (C=O) groups is 3. The monoisotopic (exact) mass is 444 g/mol. The van der Waals surface area contributed by atoms with E-state index in [0.29, 0.717) is 19.0 Å². The van der Waals surface area contributed by atoms with Crippen LogP contribution in [0.5, 0.6) is 11.5 Å². The van der Waals surface area contributed by atoms with E-state index in [4.69, 9.17) is 14.2 Å². The molecule has 0 fully saturated rings. The van der Waals surface area contributed by atoms with E-state index >= 15 is 0 Å². The number of alkyl carbamates (subject to hydrolysis) is 1. The highest BCUT2D eigenvalue weighted by molar-refractivity contribution is 7.89. The van der Waals surface area contributed by atoms with Crippen LogP contribution in [0.2, 0.25) is 0 Å². The smallest absolute Gasteiger partial charge is 0.413 e. The van der Waals surface area contributed by atoms with Crippen molar-refractivity contribution in [3.05, 3.63) is 18.2 Å². The van der Waals surface area contributed by atoms with Gasteiger partial charge in [-0.3, -0.25) is 14.9 Å². The molecule has 166 valence electrons. The minimum atomic E-state index is -4.11. The van der Waals surface area contributed by atoms with E-state index in [1.54, 1.807) is 20.8 Å². The molecule has 1 unspecified atom stereocenters. The van der Waals surface area contributed by atoms with Crippen LogP contribution >= 0.6 is 0 Å². The molecular weight excluding hydrogens is 420 g/mol. The van der Waals surface area contributed by atoms with Gasteiger partial charge in [-0.25, -0.2) is 13.2 Å². The van der Waals surface area contributed by atoms with Gasteiger partial charge in [0, 0.05) is 6.07 Å². The quantitative estimate of drug-likeness (QED) is 0.550. The van der Waals surface area contributed by atoms with Crippen molar-refractivity contribution in [2.75, 3.05) is 26.4 Å². The van der Waals surface area contributed by atoms with Crippen molar-refractivity contribution in [1.29, 1.82) is 0 Å². The number of rotatable bonds is 8. The van der Waals surface area contributed by atoms with Crippen LogP contribution in [0, 0.1) is 5.92 Å². The summed E-state index contributed by atoms with van der Waals surface area (Å²) in [5.74, 6) is -1.65. The van der Waals surface area contributed by atoms with Crippen molar-refractivity contribution in [3.63, 3.8) is 0 Å². The number of imide groups is 1. The highest BCUT2D eigenvalue weighted by Crippen LogP contribution is 2.32. The van der Waals surface area contributed by atoms with Crippen molar-refractivity contribution in [2.24, 2.45) is 5.92 Å². The van der Waals surface area contributed by atoms with E-state index in [1.165, 1.54) is 18.2 Å². The molecule has 1 heterocycles. The highest BCUT2D eigenvalue weighted by Gasteiger charge is 2.31. The molecule has 1 atom stereocenters. The fraction of sp³-hybridized carbons (Fsp3) is 0.500. The van der Waals surface area contributed by atoms with Crippen LogP contribution in [0.1, 0.15) is 20.8 Å². The van der Waals surface area contributed by atoms with E-state index in [0.717, 1.165) is 0 Å². The third-order valence-corrected chi connectivity index (χ3v) is 5.33. The molecule has 2 amide bonds. The van der Waals surface area contributed by atoms with E-state index < -0.39 is 46.6 Å². The molecule has 11 nitrogen and oxygen atoms in total. The topological polar surface area (TPSA) is 146 Å². The molecule has 1 aliphatic rings. The summed E-state index contributed by atoms with van der Waals surface area (Å²) in [4.78, 5) is 35.0. The molecule has 30 heavy (non-hydrogen) atoms. The second kappa shape index (κ2) is 10.3. The van der Waals surface area contributed by atoms with Crippen molar-refractivity contribution in [1.82, 2.24) is 10.0 Å². The Morgan fingerprint density at radius 1 is 1.10 bits per heavy atom. The summed E-state index contributed by atoms with van der Waals surface area (Å²) in [5.41, 5.74) is 0. The zero-order valence-corrected chi connectivity index (χ0v) is 17.6. The molecule has 12 heteroatoms. The molecule has 1 aromatic rings. The standard InChI is InChI=1S/C18H24N2O9S/c1-4-26-18(23)19-15(21)10-29-17(22)16(11(2)3)20-30(24,25)12-5-6-13-14(9-12)28-8-7-27-13/h5-6,9,11,16,20H,4,7-8,10H2,1-3H3,(H,19,21,23). The van der Waals surface area contributed by atoms with Crippen molar-refractivity contribution < 1.29 is 41.7 Å². The third-order valence-electron chi connectivity index (χ3n) is 3.89. The Morgan fingerprint density at radius 3 is 2.40 bits per heavy atom. The first-order valence-electron chi connectivity index (χ1n) is 9.19. The maximum Gasteiger partial charge on any atom is 0.413 e. The summed E-state index contributed by atoms with van der Waals surface area (Å²) >= 11 is 0. The molecule has 0 bridgehead atoms. The van der Waals surface area contributed by atoms with Gasteiger partial charge in [0.25, 0.3) is 5.91 Å². The summed E-state index contributed by atoms with van der Waals surface area (Å²) in [6.45, 7) is 4.72. The SMILES string of the molecule is CCOC(=O)NC(=O)COC(=O)C(NS(=O)(=O)c1ccc2c(c1)OCCO2)C(C)C. The van der Waals surface area contributed by atoms with Crippen LogP contribution in [0.25, 0.3) is 0 Å². The Balaban J connectivity index is 2.04. The van der Waals surface area contributed by atoms with Gasteiger partial charge in [0.1, 0.15) is 19.3 Å². The molecule has 2 rings (SSSR count). The van der Waals surface area contributed by atoms with Gasteiger partial charge in [-0.2, -0.15) is 4.72 Å². The van der Waals surface area contributed by atoms with Gasteiger partial charge in [-0.05, 0) is 25.0 Å². The minimum absolute atomic E-state index is 0.0654. The molecular formula is C18H24N2O9S. The first-order chi connectivity index (χ1) is 14.1. The molecule has 0 aromatic heterocycles. The lowest BCUT2D eigenvalue weighted by molar-refractivity contribution is -0.151. The Bertz CT molecular complexity index is 899. The number of nitrogens with one attached hydrogen (secondary N) is 2. The first-order valence-corrected chi connectivity index (χ1v) is 10.7. The predicted molar refractivity (Wildman–Crippen MR) is 103 cm³/mol. The van der Waals surface area contributed by atoms with Crippen molar-refractivity contribution in [2.45, 2.75) is 31.7 Å². The summed E-state index contributed by atoms with van der Waals surface area (Å²) in [5, 5.41) is 1.87. The molecule has 0 aliphatic carbocycles. The van der Waals surface area contributed by atoms with Crippen molar-refractivity contribution >= 4 is 28.0 Å². The van der Waals surface area contributed by atoms with Crippen LogP contribution in [-0.4, -0.2) is 58.9 Å². The van der Waals surface area contributed by atoms with Crippen LogP contribution < -0.4 is 19.5 Å². The maximum absolute atomic E-state index is 12.7. The van der Waals surface area contributed by atoms with Crippen LogP contribution in [0.4, 0.5) is 4.79 Å². The van der Waals surface area contributed by atoms with Gasteiger partial charge in [-0.15, -0.1) is 0 Å². The number of esters is 1. The fourth-order valence-corrected chi connectivity index (χ4v) is 3.77. The van der Waals surface area contributed by atoms with Crippen LogP contribution in [0.15, 0.2) is 23.1 Å². The number of ether oxygens (including phenoxy) is 4. The van der Waals surface area contributed by atoms with Crippen LogP contribution in [-0.2, 0) is 29.1 Å². The molecule has 0 saturated heterocycles. The van der Waals surface area contributed by atoms with E-state index in [1.807, 2.05) is 5.32 Å². The number of hydrogen-bond acceptors (Lipinski definition) is 9. The number of hydrogen-bond donors (Lipinski definition) is 2. The Labute approximate surface area is 174 Å². The van der Waals surface area contributed by atoms with Crippen molar-refractivity contribution in [3.8, 4) is 11.5 Å². The normalized spacial score (nSPS) is 14.0. The Kier molecular flexibility index (Phi) is 8.00. The molecule has 1 aliphatic heterocycles. The zero-order valence-electron chi connectivity index (χ0n) is 16.8. The number of benzene rings is 1. The summed E-state index contributed by atoms with van der Waals surface area (Å²) in [6.07, 6.45) is -0.974. The largest absolute Gasteiger partial charge is 0.486 e. The summed E-state index contributed by atoms with van der Waals surface area (Å²) in [7, 11) is -4.11. The average Bonchev–Trinajstić information content (AvgIpc) is 2.69. The predicted octanol–water partition coefficient (Wildman–Crippen LogP) is 0.577. The number of carbonyl (C=O) groups excluding carboxylic acids is 3. The van der Waals surface area contributed by atoms with Gasteiger partial charge >= 0.3 is 12.1 Å². The number of amides is 2. The molecule has 0 spiro atoms. The Hall–Kier alpha value is -2.86. The van der Waals surface area contributed by atoms with Gasteiger partial charge in [0.2, 0.25) is 10.0 Å². The maximum atomic E-state index is 12.7. The van der Waals surface area contributed by atoms with E-state index in [2.05, 4.69) is 9.46 Å². The molecule has 2 N–H and O–H groups in total. The van der Waals surface area contributed by atoms with Gasteiger partial charge in [0.15, 0.2) is 18.1 Å². The van der Waals surface area contributed by atoms with Gasteiger partial charge in [0.05, 0.1) is 11.5 Å². The summed E-state index contributed by atoms with van der Waals surface area (Å²) in [6, 6.07) is 2.82. The number of sulfonamides is 1. The van der Waals surface area contributed by atoms with Gasteiger partial charge < -0.3 is 18.9 Å². The first kappa shape index (κ1) is 23.4. The lowest BCUT2D eigenvalue weighted by atomic mass is 10.1. The lowest BCUT2D eigenvalue weighted by Gasteiger charge is -2.22. The van der Waals surface area contributed by atoms with Gasteiger partial charge in [-0.1, -0.05) is 13.8 Å². The second-order valence-corrected chi connectivity index (χ2v) is 8.24. The molecule has 1 aromatic carbocycles. The summed E-state index contributed by atoms with van der Waals surface area (Å²) < 4.78 is 47.9. The zero-order chi connectivity index (χ0) is 22.3. The second-order valence-electron chi connectivity index (χ2n) is 6.52. The third kappa shape index (κ3) is 6.32. The average molecular weight is 444 g/mol. The van der Waals surface area contributed by atoms with E-state index in [9.17, 15) is 22.8 Å². The molecule has 0 radical (unpaired) electrons.